The summed E-state index contributed by atoms with van der Waals surface area (Å²) in [4.78, 5) is 12.4. The van der Waals surface area contributed by atoms with Crippen LogP contribution in [0.5, 0.6) is 5.75 Å². The Morgan fingerprint density at radius 1 is 0.885 bits per heavy atom. The Kier molecular flexibility index (Phi) is 5.16. The van der Waals surface area contributed by atoms with Crippen molar-refractivity contribution in [2.45, 2.75) is 0 Å². The van der Waals surface area contributed by atoms with Crippen molar-refractivity contribution >= 4 is 23.0 Å². The van der Waals surface area contributed by atoms with Crippen LogP contribution in [0.15, 0.2) is 72.8 Å². The topological polar surface area (TPSA) is 74.2 Å². The first-order chi connectivity index (χ1) is 12.7. The van der Waals surface area contributed by atoms with Gasteiger partial charge in [0.2, 0.25) is 0 Å². The number of carbonyl (C=O) groups excluding carboxylic acids is 1. The molecule has 3 aromatic carbocycles. The average Bonchev–Trinajstić information content (AvgIpc) is 2.70. The number of rotatable bonds is 5. The summed E-state index contributed by atoms with van der Waals surface area (Å²) in [5, 5.41) is 14.9. The molecule has 0 saturated heterocycles. The highest BCUT2D eigenvalue weighted by molar-refractivity contribution is 6.06. The zero-order chi connectivity index (χ0) is 18.4. The molecule has 0 aliphatic carbocycles. The normalized spacial score (nSPS) is 9.85. The number of nitrogens with zero attached hydrogens (tertiary/aromatic N) is 1. The molecule has 1 amide bonds. The van der Waals surface area contributed by atoms with Crippen molar-refractivity contribution in [2.75, 3.05) is 17.7 Å². The van der Waals surface area contributed by atoms with E-state index < -0.39 is 0 Å². The van der Waals surface area contributed by atoms with Gasteiger partial charge in [0, 0.05) is 17.1 Å². The number of hydrogen-bond donors (Lipinski definition) is 2. The largest absolute Gasteiger partial charge is 0.496 e. The van der Waals surface area contributed by atoms with Crippen LogP contribution < -0.4 is 15.4 Å². The molecule has 0 aromatic heterocycles. The fourth-order valence-corrected chi connectivity index (χ4v) is 2.46. The van der Waals surface area contributed by atoms with Crippen LogP contribution in [0, 0.1) is 11.3 Å². The number of para-hydroxylation sites is 1. The van der Waals surface area contributed by atoms with Gasteiger partial charge in [0.15, 0.2) is 0 Å². The number of hydrogen-bond acceptors (Lipinski definition) is 4. The Balaban J connectivity index is 1.67. The molecule has 2 N–H and O–H groups in total. The first-order valence-electron chi connectivity index (χ1n) is 8.01. The molecule has 0 saturated carbocycles. The van der Waals surface area contributed by atoms with Gasteiger partial charge in [0.05, 0.1) is 24.3 Å². The number of carbonyl (C=O) groups is 1. The number of nitriles is 1. The first-order valence-corrected chi connectivity index (χ1v) is 8.01. The zero-order valence-electron chi connectivity index (χ0n) is 14.2. The molecule has 26 heavy (non-hydrogen) atoms. The maximum absolute atomic E-state index is 12.4. The van der Waals surface area contributed by atoms with Crippen LogP contribution >= 0.6 is 0 Å². The van der Waals surface area contributed by atoms with E-state index in [1.165, 1.54) is 7.11 Å². The van der Waals surface area contributed by atoms with Crippen molar-refractivity contribution < 1.29 is 9.53 Å². The van der Waals surface area contributed by atoms with Crippen molar-refractivity contribution in [3.63, 3.8) is 0 Å². The van der Waals surface area contributed by atoms with Gasteiger partial charge in [-0.25, -0.2) is 0 Å². The minimum Gasteiger partial charge on any atom is -0.496 e. The SMILES string of the molecule is COc1ccccc1C(=O)Nc1ccc(Nc2ccc(C#N)cc2)cc1. The van der Waals surface area contributed by atoms with E-state index in [0.29, 0.717) is 22.6 Å². The van der Waals surface area contributed by atoms with Crippen molar-refractivity contribution in [1.82, 2.24) is 0 Å². The molecule has 3 rings (SSSR count). The van der Waals surface area contributed by atoms with Gasteiger partial charge in [-0.3, -0.25) is 4.79 Å². The van der Waals surface area contributed by atoms with Gasteiger partial charge >= 0.3 is 0 Å². The van der Waals surface area contributed by atoms with Crippen LogP contribution in [0.2, 0.25) is 0 Å². The monoisotopic (exact) mass is 343 g/mol. The Bertz CT molecular complexity index is 942. The lowest BCUT2D eigenvalue weighted by Gasteiger charge is -2.10. The lowest BCUT2D eigenvalue weighted by Crippen LogP contribution is -2.13. The summed E-state index contributed by atoms with van der Waals surface area (Å²) >= 11 is 0. The minimum absolute atomic E-state index is 0.227. The molecule has 0 atom stereocenters. The summed E-state index contributed by atoms with van der Waals surface area (Å²) in [5.41, 5.74) is 3.55. The second-order valence-corrected chi connectivity index (χ2v) is 5.55. The third-order valence-corrected chi connectivity index (χ3v) is 3.80. The van der Waals surface area contributed by atoms with Gasteiger partial charge in [0.1, 0.15) is 5.75 Å². The van der Waals surface area contributed by atoms with Crippen LogP contribution in [0.25, 0.3) is 0 Å². The van der Waals surface area contributed by atoms with Crippen molar-refractivity contribution in [3.05, 3.63) is 83.9 Å². The van der Waals surface area contributed by atoms with E-state index in [9.17, 15) is 4.79 Å². The molecule has 5 heteroatoms. The third-order valence-electron chi connectivity index (χ3n) is 3.80. The van der Waals surface area contributed by atoms with Crippen molar-refractivity contribution in [1.29, 1.82) is 5.26 Å². The quantitative estimate of drug-likeness (QED) is 0.712. The number of anilines is 3. The number of ether oxygens (including phenoxy) is 1. The highest BCUT2D eigenvalue weighted by Crippen LogP contribution is 2.22. The van der Waals surface area contributed by atoms with Gasteiger partial charge in [-0.15, -0.1) is 0 Å². The molecule has 0 aliphatic heterocycles. The van der Waals surface area contributed by atoms with Gasteiger partial charge in [0.25, 0.3) is 5.91 Å². The highest BCUT2D eigenvalue weighted by atomic mass is 16.5. The molecule has 0 bridgehead atoms. The van der Waals surface area contributed by atoms with E-state index in [0.717, 1.165) is 11.4 Å². The molecule has 0 radical (unpaired) electrons. The molecule has 3 aromatic rings. The van der Waals surface area contributed by atoms with E-state index in [2.05, 4.69) is 16.7 Å². The number of amides is 1. The molecule has 0 fully saturated rings. The zero-order valence-corrected chi connectivity index (χ0v) is 14.2. The second kappa shape index (κ2) is 7.86. The minimum atomic E-state index is -0.227. The molecule has 0 spiro atoms. The molecule has 128 valence electrons. The summed E-state index contributed by atoms with van der Waals surface area (Å²) in [6.07, 6.45) is 0. The van der Waals surface area contributed by atoms with E-state index in [-0.39, 0.29) is 5.91 Å². The van der Waals surface area contributed by atoms with Gasteiger partial charge < -0.3 is 15.4 Å². The summed E-state index contributed by atoms with van der Waals surface area (Å²) in [6, 6.07) is 23.7. The molecule has 0 unspecified atom stereocenters. The Morgan fingerprint density at radius 3 is 2.08 bits per heavy atom. The van der Waals surface area contributed by atoms with Gasteiger partial charge in [-0.05, 0) is 60.7 Å². The number of nitrogens with one attached hydrogen (secondary N) is 2. The van der Waals surface area contributed by atoms with Crippen LogP contribution in [0.1, 0.15) is 15.9 Å². The van der Waals surface area contributed by atoms with Crippen LogP contribution in [0.3, 0.4) is 0 Å². The second-order valence-electron chi connectivity index (χ2n) is 5.55. The van der Waals surface area contributed by atoms with E-state index in [4.69, 9.17) is 10.00 Å². The van der Waals surface area contributed by atoms with E-state index in [1.807, 2.05) is 42.5 Å². The summed E-state index contributed by atoms with van der Waals surface area (Å²) in [6.45, 7) is 0. The number of benzene rings is 3. The Labute approximate surface area is 151 Å². The molecule has 5 nitrogen and oxygen atoms in total. The Morgan fingerprint density at radius 2 is 1.46 bits per heavy atom. The van der Waals surface area contributed by atoms with E-state index >= 15 is 0 Å². The van der Waals surface area contributed by atoms with Crippen molar-refractivity contribution in [3.8, 4) is 11.8 Å². The molecule has 0 heterocycles. The average molecular weight is 343 g/mol. The summed E-state index contributed by atoms with van der Waals surface area (Å²) < 4.78 is 5.22. The van der Waals surface area contributed by atoms with Crippen LogP contribution in [-0.4, -0.2) is 13.0 Å². The Hall–Kier alpha value is -3.78. The predicted molar refractivity (Wildman–Crippen MR) is 102 cm³/mol. The smallest absolute Gasteiger partial charge is 0.259 e. The standard InChI is InChI=1S/C21H17N3O2/c1-26-20-5-3-2-4-19(20)21(25)24-18-12-10-17(11-13-18)23-16-8-6-15(14-22)7-9-16/h2-13,23H,1H3,(H,24,25). The maximum Gasteiger partial charge on any atom is 0.259 e. The number of methoxy groups -OCH3 is 1. The highest BCUT2D eigenvalue weighted by Gasteiger charge is 2.11. The lowest BCUT2D eigenvalue weighted by atomic mass is 10.1. The maximum atomic E-state index is 12.4. The molecular weight excluding hydrogens is 326 g/mol. The van der Waals surface area contributed by atoms with Crippen LogP contribution in [-0.2, 0) is 0 Å². The van der Waals surface area contributed by atoms with Gasteiger partial charge in [-0.2, -0.15) is 5.26 Å². The van der Waals surface area contributed by atoms with Crippen molar-refractivity contribution in [2.24, 2.45) is 0 Å². The third kappa shape index (κ3) is 4.00. The fraction of sp³-hybridized carbons (Fsp3) is 0.0476. The summed E-state index contributed by atoms with van der Waals surface area (Å²) in [7, 11) is 1.54. The lowest BCUT2D eigenvalue weighted by molar-refractivity contribution is 0.102. The fourth-order valence-electron chi connectivity index (χ4n) is 2.46. The first kappa shape index (κ1) is 17.1. The predicted octanol–water partition coefficient (Wildman–Crippen LogP) is 4.56. The summed E-state index contributed by atoms with van der Waals surface area (Å²) in [5.74, 6) is 0.305. The van der Waals surface area contributed by atoms with Crippen LogP contribution in [0.4, 0.5) is 17.1 Å². The van der Waals surface area contributed by atoms with Gasteiger partial charge in [-0.1, -0.05) is 12.1 Å². The van der Waals surface area contributed by atoms with E-state index in [1.54, 1.807) is 30.3 Å². The molecule has 0 aliphatic rings. The molecular formula is C21H17N3O2.